The van der Waals surface area contributed by atoms with Gasteiger partial charge in [0.05, 0.1) is 18.0 Å². The van der Waals surface area contributed by atoms with Crippen LogP contribution in [0.1, 0.15) is 44.0 Å². The van der Waals surface area contributed by atoms with Gasteiger partial charge in [-0.15, -0.1) is 11.8 Å². The minimum absolute atomic E-state index is 0.0172. The van der Waals surface area contributed by atoms with E-state index in [1.54, 1.807) is 18.4 Å². The third kappa shape index (κ3) is 5.53. The Hall–Kier alpha value is -3.20. The van der Waals surface area contributed by atoms with Gasteiger partial charge in [0.1, 0.15) is 17.0 Å². The minimum Gasteiger partial charge on any atom is -0.439 e. The molecule has 212 valence electrons. The fourth-order valence-corrected chi connectivity index (χ4v) is 8.15. The van der Waals surface area contributed by atoms with Crippen molar-refractivity contribution < 1.29 is 23.6 Å². The van der Waals surface area contributed by atoms with Crippen LogP contribution in [0.5, 0.6) is 5.75 Å². The van der Waals surface area contributed by atoms with E-state index in [9.17, 15) is 9.59 Å². The first-order valence-corrected chi connectivity index (χ1v) is 16.2. The highest BCUT2D eigenvalue weighted by molar-refractivity contribution is 8.04. The molecule has 1 aliphatic heterocycles. The first-order valence-electron chi connectivity index (χ1n) is 14.4. The van der Waals surface area contributed by atoms with Crippen molar-refractivity contribution in [1.82, 2.24) is 0 Å². The molecule has 0 saturated heterocycles. The maximum Gasteiger partial charge on any atom is 0.263 e. The Morgan fingerprint density at radius 3 is 2.71 bits per heavy atom. The molecule has 1 saturated carbocycles. The number of methoxy groups -OCH3 is 1. The molecule has 6 rings (SSSR count). The number of Topliss-reactive ketones (excluding diaryl/α,β-unsaturated/α-hetero) is 2. The summed E-state index contributed by atoms with van der Waals surface area (Å²) in [6, 6.07) is 16.2. The van der Waals surface area contributed by atoms with Crippen molar-refractivity contribution in [3.05, 3.63) is 81.5 Å². The maximum atomic E-state index is 13.7. The van der Waals surface area contributed by atoms with Crippen LogP contribution >= 0.6 is 23.1 Å². The predicted octanol–water partition coefficient (Wildman–Crippen LogP) is 6.70. The molecule has 2 aromatic carbocycles. The number of allylic oxidation sites excluding steroid dienone is 3. The van der Waals surface area contributed by atoms with Crippen molar-refractivity contribution in [1.29, 1.82) is 0 Å². The summed E-state index contributed by atoms with van der Waals surface area (Å²) in [5.41, 5.74) is 3.39. The molecule has 0 spiro atoms. The maximum absolute atomic E-state index is 13.7. The molecule has 41 heavy (non-hydrogen) atoms. The van der Waals surface area contributed by atoms with Crippen LogP contribution in [0.2, 0.25) is 0 Å². The van der Waals surface area contributed by atoms with E-state index in [1.165, 1.54) is 22.9 Å². The number of para-hydroxylation sites is 3. The summed E-state index contributed by atoms with van der Waals surface area (Å²) >= 11 is 3.19. The molecule has 3 aliphatic rings. The summed E-state index contributed by atoms with van der Waals surface area (Å²) in [7, 11) is 1.68. The Bertz CT molecular complexity index is 1580. The van der Waals surface area contributed by atoms with Gasteiger partial charge in [0.25, 0.3) is 5.01 Å². The zero-order valence-electron chi connectivity index (χ0n) is 23.6. The van der Waals surface area contributed by atoms with Crippen LogP contribution in [0.25, 0.3) is 16.3 Å². The van der Waals surface area contributed by atoms with Crippen molar-refractivity contribution in [3.63, 3.8) is 0 Å². The molecule has 3 aromatic rings. The predicted molar refractivity (Wildman–Crippen MR) is 166 cm³/mol. The molecule has 1 aromatic heterocycles. The zero-order chi connectivity index (χ0) is 28.3. The van der Waals surface area contributed by atoms with Gasteiger partial charge < -0.3 is 14.4 Å². The lowest BCUT2D eigenvalue weighted by atomic mass is 9.87. The number of carbonyl (C=O) groups excluding carboxylic acids is 2. The largest absolute Gasteiger partial charge is 0.439 e. The fraction of sp³-hybridized carbons (Fsp3) is 0.364. The Morgan fingerprint density at radius 2 is 1.90 bits per heavy atom. The number of aromatic nitrogens is 1. The first kappa shape index (κ1) is 27.9. The highest BCUT2D eigenvalue weighted by Crippen LogP contribution is 2.45. The average Bonchev–Trinajstić information content (AvgIpc) is 3.55. The molecule has 6 nitrogen and oxygen atoms in total. The van der Waals surface area contributed by atoms with E-state index in [0.717, 1.165) is 59.1 Å². The fourth-order valence-electron chi connectivity index (χ4n) is 5.84. The summed E-state index contributed by atoms with van der Waals surface area (Å²) < 4.78 is 15.0. The smallest absolute Gasteiger partial charge is 0.263 e. The van der Waals surface area contributed by atoms with Crippen LogP contribution in [0.4, 0.5) is 5.69 Å². The van der Waals surface area contributed by atoms with Gasteiger partial charge >= 0.3 is 0 Å². The summed E-state index contributed by atoms with van der Waals surface area (Å²) in [6.07, 6.45) is 9.30. The average molecular weight is 588 g/mol. The Balaban J connectivity index is 1.37. The van der Waals surface area contributed by atoms with Gasteiger partial charge in [-0.25, -0.2) is 0 Å². The third-order valence-electron chi connectivity index (χ3n) is 8.04. The number of aryl methyl sites for hydroxylation is 1. The van der Waals surface area contributed by atoms with Crippen LogP contribution in [0.3, 0.4) is 0 Å². The summed E-state index contributed by atoms with van der Waals surface area (Å²) in [5, 5.41) is 1.03. The van der Waals surface area contributed by atoms with E-state index in [-0.39, 0.29) is 11.7 Å². The number of rotatable bonds is 10. The van der Waals surface area contributed by atoms with Crippen molar-refractivity contribution in [3.8, 4) is 5.75 Å². The molecule has 0 N–H and O–H groups in total. The molecule has 0 bridgehead atoms. The Kier molecular flexibility index (Phi) is 8.42. The molecule has 0 unspecified atom stereocenters. The van der Waals surface area contributed by atoms with Gasteiger partial charge in [0.2, 0.25) is 11.4 Å². The zero-order valence-corrected chi connectivity index (χ0v) is 25.2. The molecule has 2 heterocycles. The van der Waals surface area contributed by atoms with Gasteiger partial charge in [0.15, 0.2) is 11.5 Å². The van der Waals surface area contributed by atoms with Crippen LogP contribution in [-0.4, -0.2) is 37.6 Å². The lowest BCUT2D eigenvalue weighted by Gasteiger charge is -2.26. The monoisotopic (exact) mass is 587 g/mol. The molecule has 2 aliphatic carbocycles. The van der Waals surface area contributed by atoms with Crippen LogP contribution in [-0.2, 0) is 20.9 Å². The number of nitrogens with zero attached hydrogens (tertiary/aromatic N) is 2. The number of benzene rings is 2. The number of ether oxygens (including phenoxy) is 2. The number of thiazole rings is 1. The molecule has 8 heteroatoms. The quantitative estimate of drug-likeness (QED) is 0.194. The Morgan fingerprint density at radius 1 is 1.12 bits per heavy atom. The molecule has 0 atom stereocenters. The normalized spacial score (nSPS) is 19.3. The lowest BCUT2D eigenvalue weighted by Crippen LogP contribution is -2.34. The number of anilines is 1. The van der Waals surface area contributed by atoms with E-state index in [0.29, 0.717) is 41.7 Å². The standard InChI is InChI=1S/C33H35N2O4S2/c1-3-34-26-14-8-10-16-29(26)41-31(34)20-24-32(37)23(33(24)40-21-27(36)22-11-5-4-6-12-22)19-30-35(17-18-38-2)25-13-7-9-15-28(25)39-30/h7-10,13-16,19-20,22H,3-6,11-12,17-18,21H2,1-2H3/q+1. The van der Waals surface area contributed by atoms with Gasteiger partial charge in [-0.3, -0.25) is 9.59 Å². The van der Waals surface area contributed by atoms with Crippen molar-refractivity contribution in [2.45, 2.75) is 45.6 Å². The number of carbonyl (C=O) groups is 2. The summed E-state index contributed by atoms with van der Waals surface area (Å²) in [6.45, 7) is 4.05. The number of hydrogen-bond acceptors (Lipinski definition) is 7. The van der Waals surface area contributed by atoms with E-state index in [1.807, 2.05) is 53.5 Å². The summed E-state index contributed by atoms with van der Waals surface area (Å²) in [4.78, 5) is 29.8. The SMILES string of the molecule is CC[n+]1c(/C=C2/C(=O)C(/C=C3/Oc4ccccc4N3CCOC)=C2SCC(=O)C2CCCCC2)sc2ccccc21. The lowest BCUT2D eigenvalue weighted by molar-refractivity contribution is -0.665. The number of hydrogen-bond donors (Lipinski definition) is 0. The van der Waals surface area contributed by atoms with Crippen LogP contribution in [0.15, 0.2) is 76.5 Å². The molecule has 0 amide bonds. The molecule has 0 radical (unpaired) electrons. The first-order chi connectivity index (χ1) is 20.1. The number of fused-ring (bicyclic) bond motifs is 2. The topological polar surface area (TPSA) is 59.7 Å². The molecule has 1 fully saturated rings. The van der Waals surface area contributed by atoms with E-state index in [4.69, 9.17) is 9.47 Å². The van der Waals surface area contributed by atoms with Gasteiger partial charge in [-0.2, -0.15) is 4.57 Å². The number of ketones is 2. The molecular formula is C33H35N2O4S2+. The second-order valence-corrected chi connectivity index (χ2v) is 12.6. The van der Waals surface area contributed by atoms with Crippen molar-refractivity contribution in [2.24, 2.45) is 5.92 Å². The van der Waals surface area contributed by atoms with Crippen molar-refractivity contribution >= 4 is 56.6 Å². The minimum atomic E-state index is -0.0172. The van der Waals surface area contributed by atoms with Gasteiger partial charge in [-0.05, 0) is 38.0 Å². The third-order valence-corrected chi connectivity index (χ3v) is 10.3. The second kappa shape index (κ2) is 12.3. The van der Waals surface area contributed by atoms with E-state index < -0.39 is 0 Å². The second-order valence-electron chi connectivity index (χ2n) is 10.6. The van der Waals surface area contributed by atoms with E-state index in [2.05, 4.69) is 23.6 Å². The van der Waals surface area contributed by atoms with Crippen LogP contribution < -0.4 is 14.2 Å². The van der Waals surface area contributed by atoms with Crippen LogP contribution in [0, 0.1) is 5.92 Å². The van der Waals surface area contributed by atoms with Gasteiger partial charge in [0, 0.05) is 53.8 Å². The van der Waals surface area contributed by atoms with Crippen molar-refractivity contribution in [2.75, 3.05) is 30.9 Å². The highest BCUT2D eigenvalue weighted by Gasteiger charge is 2.37. The summed E-state index contributed by atoms with van der Waals surface area (Å²) in [5.74, 6) is 2.16. The highest BCUT2D eigenvalue weighted by atomic mass is 32.2. The van der Waals surface area contributed by atoms with E-state index >= 15 is 0 Å². The molecular weight excluding hydrogens is 553 g/mol. The Labute approximate surface area is 249 Å². The van der Waals surface area contributed by atoms with Gasteiger partial charge in [-0.1, -0.05) is 54.9 Å². The number of thioether (sulfide) groups is 1.